The Morgan fingerprint density at radius 2 is 1.96 bits per heavy atom. The summed E-state index contributed by atoms with van der Waals surface area (Å²) in [6.45, 7) is 2.08. The van der Waals surface area contributed by atoms with Crippen LogP contribution in [-0.2, 0) is 4.74 Å². The van der Waals surface area contributed by atoms with Gasteiger partial charge in [-0.3, -0.25) is 10.00 Å². The molecule has 6 heteroatoms. The smallest absolute Gasteiger partial charge is 0.411 e. The second-order valence-electron chi connectivity index (χ2n) is 6.79. The lowest BCUT2D eigenvalue weighted by atomic mass is 10.1. The lowest BCUT2D eigenvalue weighted by Gasteiger charge is -2.11. The summed E-state index contributed by atoms with van der Waals surface area (Å²) in [4.78, 5) is 11.5. The van der Waals surface area contributed by atoms with Crippen LogP contribution >= 0.6 is 0 Å². The van der Waals surface area contributed by atoms with Crippen molar-refractivity contribution >= 4 is 22.7 Å². The van der Waals surface area contributed by atoms with Crippen molar-refractivity contribution < 1.29 is 13.9 Å². The average molecular weight is 367 g/mol. The van der Waals surface area contributed by atoms with Gasteiger partial charge in [0.15, 0.2) is 0 Å². The van der Waals surface area contributed by atoms with Crippen LogP contribution in [0.3, 0.4) is 0 Å². The quantitative estimate of drug-likeness (QED) is 0.660. The number of benzene rings is 2. The van der Waals surface area contributed by atoms with E-state index in [-0.39, 0.29) is 11.9 Å². The molecule has 0 atom stereocenters. The molecule has 4 rings (SSSR count). The number of hydrogen-bond donors (Lipinski definition) is 1. The maximum Gasteiger partial charge on any atom is 0.411 e. The number of carbonyl (C=O) groups is 1. The molecule has 0 saturated heterocycles. The topological polar surface area (TPSA) is 56.1 Å². The number of aromatic nitrogens is 2. The Labute approximate surface area is 157 Å². The summed E-state index contributed by atoms with van der Waals surface area (Å²) in [5, 5.41) is 8.27. The van der Waals surface area contributed by atoms with E-state index in [0.717, 1.165) is 42.3 Å². The van der Waals surface area contributed by atoms with Crippen LogP contribution in [0.4, 0.5) is 14.9 Å². The number of anilines is 1. The van der Waals surface area contributed by atoms with Crippen molar-refractivity contribution in [1.82, 2.24) is 9.78 Å². The Bertz CT molecular complexity index is 959. The monoisotopic (exact) mass is 367 g/mol. The molecule has 0 aliphatic heterocycles. The molecule has 0 spiro atoms. The Morgan fingerprint density at radius 3 is 2.67 bits per heavy atom. The first-order valence-electron chi connectivity index (χ1n) is 9.38. The summed E-state index contributed by atoms with van der Waals surface area (Å²) in [6.07, 6.45) is 3.90. The van der Waals surface area contributed by atoms with Gasteiger partial charge in [-0.15, -0.1) is 0 Å². The fraction of sp³-hybridized carbons (Fsp3) is 0.333. The lowest BCUT2D eigenvalue weighted by molar-refractivity contribution is 0.168. The van der Waals surface area contributed by atoms with Gasteiger partial charge in [0.1, 0.15) is 17.0 Å². The van der Waals surface area contributed by atoms with E-state index >= 15 is 0 Å². The van der Waals surface area contributed by atoms with Crippen LogP contribution in [0.15, 0.2) is 42.5 Å². The minimum atomic E-state index is -0.483. The van der Waals surface area contributed by atoms with E-state index in [9.17, 15) is 9.18 Å². The molecule has 1 aliphatic rings. The fourth-order valence-electron chi connectivity index (χ4n) is 3.77. The van der Waals surface area contributed by atoms with Gasteiger partial charge >= 0.3 is 6.09 Å². The lowest BCUT2D eigenvalue weighted by Crippen LogP contribution is -2.13. The molecule has 3 aromatic rings. The Hall–Kier alpha value is -2.89. The molecule has 1 heterocycles. The number of fused-ring (bicyclic) bond motifs is 1. The number of carbonyl (C=O) groups excluding carboxylic acids is 1. The van der Waals surface area contributed by atoms with Crippen LogP contribution in [0, 0.1) is 5.82 Å². The zero-order valence-corrected chi connectivity index (χ0v) is 15.2. The van der Waals surface area contributed by atoms with E-state index in [2.05, 4.69) is 5.32 Å². The number of nitrogens with zero attached hydrogens (tertiary/aromatic N) is 2. The zero-order chi connectivity index (χ0) is 18.8. The van der Waals surface area contributed by atoms with Crippen molar-refractivity contribution in [2.24, 2.45) is 0 Å². The normalized spacial score (nSPS) is 14.6. The van der Waals surface area contributed by atoms with Crippen molar-refractivity contribution in [2.75, 3.05) is 11.9 Å². The molecule has 1 saturated carbocycles. The first-order valence-corrected chi connectivity index (χ1v) is 9.38. The van der Waals surface area contributed by atoms with Crippen molar-refractivity contribution in [1.29, 1.82) is 0 Å². The molecule has 1 fully saturated rings. The second-order valence-corrected chi connectivity index (χ2v) is 6.79. The molecule has 27 heavy (non-hydrogen) atoms. The standard InChI is InChI=1S/C21H22FN3O2/c1-2-27-21(26)23-15-12-10-14(11-13-15)19-17-8-5-9-18(22)20(17)25(24-19)16-6-3-4-7-16/h5,8-13,16H,2-4,6-7H2,1H3,(H,23,26). The number of ether oxygens (including phenoxy) is 1. The van der Waals surface area contributed by atoms with E-state index < -0.39 is 6.09 Å². The van der Waals surface area contributed by atoms with Gasteiger partial charge in [0.05, 0.1) is 12.6 Å². The van der Waals surface area contributed by atoms with E-state index in [0.29, 0.717) is 17.8 Å². The van der Waals surface area contributed by atoms with Gasteiger partial charge in [0.25, 0.3) is 0 Å². The summed E-state index contributed by atoms with van der Waals surface area (Å²) < 4.78 is 21.3. The molecule has 2 aromatic carbocycles. The van der Waals surface area contributed by atoms with E-state index in [1.54, 1.807) is 25.1 Å². The highest BCUT2D eigenvalue weighted by atomic mass is 19.1. The predicted octanol–water partition coefficient (Wildman–Crippen LogP) is 5.53. The van der Waals surface area contributed by atoms with Crippen molar-refractivity contribution in [3.8, 4) is 11.3 Å². The number of amides is 1. The molecule has 1 N–H and O–H groups in total. The first-order chi connectivity index (χ1) is 13.2. The molecule has 0 unspecified atom stereocenters. The van der Waals surface area contributed by atoms with Crippen LogP contribution in [0.25, 0.3) is 22.2 Å². The maximum atomic E-state index is 14.6. The first kappa shape index (κ1) is 17.5. The molecule has 0 bridgehead atoms. The van der Waals surface area contributed by atoms with Gasteiger partial charge in [-0.25, -0.2) is 9.18 Å². The molecule has 140 valence electrons. The van der Waals surface area contributed by atoms with E-state index in [1.807, 2.05) is 22.9 Å². The van der Waals surface area contributed by atoms with Gasteiger partial charge in [0.2, 0.25) is 0 Å². The minimum absolute atomic E-state index is 0.237. The summed E-state index contributed by atoms with van der Waals surface area (Å²) in [5.41, 5.74) is 2.87. The fourth-order valence-corrected chi connectivity index (χ4v) is 3.77. The SMILES string of the molecule is CCOC(=O)Nc1ccc(-c2nn(C3CCCC3)c3c(F)cccc23)cc1. The molecule has 1 aromatic heterocycles. The number of hydrogen-bond acceptors (Lipinski definition) is 3. The summed E-state index contributed by atoms with van der Waals surface area (Å²) >= 11 is 0. The zero-order valence-electron chi connectivity index (χ0n) is 15.2. The second kappa shape index (κ2) is 7.39. The van der Waals surface area contributed by atoms with Gasteiger partial charge in [0, 0.05) is 16.6 Å². The Kier molecular flexibility index (Phi) is 4.79. The van der Waals surface area contributed by atoms with Gasteiger partial charge in [-0.05, 0) is 38.0 Å². The predicted molar refractivity (Wildman–Crippen MR) is 103 cm³/mol. The third-order valence-electron chi connectivity index (χ3n) is 5.03. The molecule has 1 aliphatic carbocycles. The summed E-state index contributed by atoms with van der Waals surface area (Å²) in [7, 11) is 0. The summed E-state index contributed by atoms with van der Waals surface area (Å²) in [6, 6.07) is 12.7. The molecule has 1 amide bonds. The minimum Gasteiger partial charge on any atom is -0.450 e. The van der Waals surface area contributed by atoms with Crippen molar-refractivity contribution in [3.05, 3.63) is 48.3 Å². The largest absolute Gasteiger partial charge is 0.450 e. The Morgan fingerprint density at radius 1 is 1.22 bits per heavy atom. The van der Waals surface area contributed by atoms with Gasteiger partial charge in [-0.1, -0.05) is 37.1 Å². The highest BCUT2D eigenvalue weighted by Crippen LogP contribution is 2.36. The van der Waals surface area contributed by atoms with Crippen LogP contribution in [0.2, 0.25) is 0 Å². The summed E-state index contributed by atoms with van der Waals surface area (Å²) in [5.74, 6) is -0.237. The molecule has 0 radical (unpaired) electrons. The maximum absolute atomic E-state index is 14.6. The van der Waals surface area contributed by atoms with Crippen LogP contribution < -0.4 is 5.32 Å². The average Bonchev–Trinajstić information content (AvgIpc) is 3.31. The Balaban J connectivity index is 1.71. The molecular formula is C21H22FN3O2. The highest BCUT2D eigenvalue weighted by molar-refractivity contribution is 5.94. The highest BCUT2D eigenvalue weighted by Gasteiger charge is 2.23. The number of halogens is 1. The van der Waals surface area contributed by atoms with Crippen LogP contribution in [0.1, 0.15) is 38.6 Å². The number of para-hydroxylation sites is 1. The third-order valence-corrected chi connectivity index (χ3v) is 5.03. The van der Waals surface area contributed by atoms with E-state index in [1.165, 1.54) is 6.07 Å². The number of nitrogens with one attached hydrogen (secondary N) is 1. The van der Waals surface area contributed by atoms with E-state index in [4.69, 9.17) is 9.84 Å². The molecule has 5 nitrogen and oxygen atoms in total. The van der Waals surface area contributed by atoms with Crippen molar-refractivity contribution in [3.63, 3.8) is 0 Å². The van der Waals surface area contributed by atoms with Gasteiger partial charge < -0.3 is 4.74 Å². The van der Waals surface area contributed by atoms with Crippen molar-refractivity contribution in [2.45, 2.75) is 38.6 Å². The van der Waals surface area contributed by atoms with Gasteiger partial charge in [-0.2, -0.15) is 5.10 Å². The third kappa shape index (κ3) is 3.39. The van der Waals surface area contributed by atoms with Crippen LogP contribution in [0.5, 0.6) is 0 Å². The number of rotatable bonds is 4. The van der Waals surface area contributed by atoms with Crippen LogP contribution in [-0.4, -0.2) is 22.5 Å². The molecular weight excluding hydrogens is 345 g/mol.